The normalized spacial score (nSPS) is 21.8. The van der Waals surface area contributed by atoms with Crippen LogP contribution in [0.5, 0.6) is 0 Å². The van der Waals surface area contributed by atoms with Crippen molar-refractivity contribution in [1.82, 2.24) is 4.90 Å². The number of amidine groups is 1. The second-order valence-corrected chi connectivity index (χ2v) is 3.62. The molecule has 0 atom stereocenters. The van der Waals surface area contributed by atoms with E-state index in [1.54, 1.807) is 0 Å². The second-order valence-electron chi connectivity index (χ2n) is 3.62. The molecule has 0 unspecified atom stereocenters. The van der Waals surface area contributed by atoms with Crippen molar-refractivity contribution in [3.05, 3.63) is 0 Å². The van der Waals surface area contributed by atoms with Crippen LogP contribution in [0.2, 0.25) is 0 Å². The summed E-state index contributed by atoms with van der Waals surface area (Å²) in [4.78, 5) is 6.78. The van der Waals surface area contributed by atoms with E-state index >= 15 is 0 Å². The molecule has 12 heavy (non-hydrogen) atoms. The average molecular weight is 168 g/mol. The third-order valence-electron chi connectivity index (χ3n) is 2.54. The van der Waals surface area contributed by atoms with E-state index in [1.807, 2.05) is 0 Å². The van der Waals surface area contributed by atoms with Crippen molar-refractivity contribution < 1.29 is 0 Å². The van der Waals surface area contributed by atoms with Gasteiger partial charge in [0, 0.05) is 20.1 Å². The molecule has 1 aliphatic rings. The fraction of sp³-hybridized carbons (Fsp3) is 0.900. The van der Waals surface area contributed by atoms with Crippen LogP contribution in [0.25, 0.3) is 0 Å². The van der Waals surface area contributed by atoms with Crippen molar-refractivity contribution in [3.8, 4) is 0 Å². The third-order valence-corrected chi connectivity index (χ3v) is 2.54. The quantitative estimate of drug-likeness (QED) is 0.542. The van der Waals surface area contributed by atoms with Gasteiger partial charge in [-0.3, -0.25) is 4.99 Å². The Morgan fingerprint density at radius 3 is 2.58 bits per heavy atom. The van der Waals surface area contributed by atoms with E-state index < -0.39 is 0 Å². The highest BCUT2D eigenvalue weighted by molar-refractivity contribution is 5.79. The number of nitrogens with zero attached hydrogens (tertiary/aromatic N) is 2. The molecule has 1 rings (SSSR count). The van der Waals surface area contributed by atoms with Crippen LogP contribution < -0.4 is 0 Å². The molecule has 0 saturated carbocycles. The minimum Gasteiger partial charge on any atom is -0.364 e. The lowest BCUT2D eigenvalue weighted by molar-refractivity contribution is 0.456. The molecule has 0 amide bonds. The Balaban J connectivity index is 2.42. The minimum absolute atomic E-state index is 1.02. The summed E-state index contributed by atoms with van der Waals surface area (Å²) in [5.41, 5.74) is 0. The Morgan fingerprint density at radius 2 is 1.75 bits per heavy atom. The van der Waals surface area contributed by atoms with Gasteiger partial charge in [0.1, 0.15) is 0 Å². The van der Waals surface area contributed by atoms with Gasteiger partial charge in [-0.15, -0.1) is 0 Å². The monoisotopic (exact) mass is 168 g/mol. The highest BCUT2D eigenvalue weighted by Crippen LogP contribution is 2.06. The molecule has 0 aromatic carbocycles. The molecule has 0 saturated heterocycles. The van der Waals surface area contributed by atoms with Crippen LogP contribution >= 0.6 is 0 Å². The predicted molar refractivity (Wildman–Crippen MR) is 53.7 cm³/mol. The summed E-state index contributed by atoms with van der Waals surface area (Å²) in [7, 11) is 2.14. The van der Waals surface area contributed by atoms with Crippen molar-refractivity contribution >= 4 is 5.84 Å². The second kappa shape index (κ2) is 5.18. The molecule has 0 radical (unpaired) electrons. The van der Waals surface area contributed by atoms with Gasteiger partial charge < -0.3 is 4.90 Å². The Kier molecular flexibility index (Phi) is 4.12. The van der Waals surface area contributed by atoms with E-state index in [2.05, 4.69) is 23.9 Å². The van der Waals surface area contributed by atoms with Gasteiger partial charge in [-0.1, -0.05) is 19.3 Å². The van der Waals surface area contributed by atoms with Crippen molar-refractivity contribution in [1.29, 1.82) is 0 Å². The largest absolute Gasteiger partial charge is 0.364 e. The summed E-state index contributed by atoms with van der Waals surface area (Å²) in [5, 5.41) is 0. The number of hydrogen-bond acceptors (Lipinski definition) is 2. The summed E-state index contributed by atoms with van der Waals surface area (Å²) in [6.45, 7) is 4.31. The van der Waals surface area contributed by atoms with Crippen LogP contribution in [0.3, 0.4) is 0 Å². The molecule has 0 spiro atoms. The number of hydrogen-bond donors (Lipinski definition) is 0. The average Bonchev–Trinajstić information content (AvgIpc) is 2.08. The Bertz CT molecular complexity index is 152. The van der Waals surface area contributed by atoms with E-state index in [9.17, 15) is 0 Å². The number of aliphatic imine (C=N–C) groups is 1. The molecule has 0 aliphatic carbocycles. The maximum atomic E-state index is 4.51. The van der Waals surface area contributed by atoms with Crippen molar-refractivity contribution in [2.45, 2.75) is 39.0 Å². The van der Waals surface area contributed by atoms with Crippen molar-refractivity contribution in [2.24, 2.45) is 4.99 Å². The molecule has 0 bridgehead atoms. The fourth-order valence-electron chi connectivity index (χ4n) is 1.51. The molecule has 0 N–H and O–H groups in total. The van der Waals surface area contributed by atoms with Gasteiger partial charge in [0.05, 0.1) is 5.84 Å². The molecule has 1 heterocycles. The standard InChI is InChI=1S/C10H20N2/c1-10-11-8-6-4-3-5-7-9-12(10)2/h3-9H2,1-2H3. The van der Waals surface area contributed by atoms with Crippen LogP contribution in [0, 0.1) is 0 Å². The van der Waals surface area contributed by atoms with Crippen LogP contribution in [-0.2, 0) is 0 Å². The molecule has 2 heteroatoms. The van der Waals surface area contributed by atoms with Crippen LogP contribution in [0.4, 0.5) is 0 Å². The van der Waals surface area contributed by atoms with Gasteiger partial charge in [-0.2, -0.15) is 0 Å². The summed E-state index contributed by atoms with van der Waals surface area (Å²) >= 11 is 0. The van der Waals surface area contributed by atoms with Crippen LogP contribution in [0.1, 0.15) is 39.0 Å². The highest BCUT2D eigenvalue weighted by Gasteiger charge is 2.01. The molecular weight excluding hydrogens is 148 g/mol. The zero-order valence-corrected chi connectivity index (χ0v) is 8.34. The van der Waals surface area contributed by atoms with E-state index in [0.717, 1.165) is 6.54 Å². The van der Waals surface area contributed by atoms with Crippen molar-refractivity contribution in [2.75, 3.05) is 20.1 Å². The van der Waals surface area contributed by atoms with Crippen LogP contribution in [-0.4, -0.2) is 30.9 Å². The lowest BCUT2D eigenvalue weighted by Gasteiger charge is -2.19. The Morgan fingerprint density at radius 1 is 1.08 bits per heavy atom. The summed E-state index contributed by atoms with van der Waals surface area (Å²) in [5.74, 6) is 1.21. The Hall–Kier alpha value is -0.530. The maximum Gasteiger partial charge on any atom is 0.0954 e. The smallest absolute Gasteiger partial charge is 0.0954 e. The zero-order valence-electron chi connectivity index (χ0n) is 8.34. The SMILES string of the molecule is CC1=NCCCCCCCN1C. The molecule has 0 aromatic heterocycles. The minimum atomic E-state index is 1.02. The first-order valence-electron chi connectivity index (χ1n) is 5.03. The first kappa shape index (κ1) is 9.56. The van der Waals surface area contributed by atoms with Crippen LogP contribution in [0.15, 0.2) is 4.99 Å². The van der Waals surface area contributed by atoms with E-state index in [-0.39, 0.29) is 0 Å². The molecule has 1 aliphatic heterocycles. The summed E-state index contributed by atoms with van der Waals surface area (Å²) < 4.78 is 0. The van der Waals surface area contributed by atoms with E-state index in [1.165, 1.54) is 44.5 Å². The topological polar surface area (TPSA) is 15.6 Å². The van der Waals surface area contributed by atoms with Crippen molar-refractivity contribution in [3.63, 3.8) is 0 Å². The summed E-state index contributed by atoms with van der Waals surface area (Å²) in [6, 6.07) is 0. The molecule has 2 nitrogen and oxygen atoms in total. The molecule has 0 aromatic rings. The lowest BCUT2D eigenvalue weighted by Crippen LogP contribution is -2.25. The van der Waals surface area contributed by atoms with Gasteiger partial charge in [0.25, 0.3) is 0 Å². The first-order chi connectivity index (χ1) is 5.80. The van der Waals surface area contributed by atoms with Gasteiger partial charge in [-0.25, -0.2) is 0 Å². The lowest BCUT2D eigenvalue weighted by atomic mass is 10.1. The fourth-order valence-corrected chi connectivity index (χ4v) is 1.51. The van der Waals surface area contributed by atoms with Gasteiger partial charge in [0.2, 0.25) is 0 Å². The first-order valence-corrected chi connectivity index (χ1v) is 5.03. The number of rotatable bonds is 0. The third kappa shape index (κ3) is 3.24. The molecular formula is C10H20N2. The molecule has 70 valence electrons. The van der Waals surface area contributed by atoms with E-state index in [0.29, 0.717) is 0 Å². The van der Waals surface area contributed by atoms with E-state index in [4.69, 9.17) is 0 Å². The zero-order chi connectivity index (χ0) is 8.81. The summed E-state index contributed by atoms with van der Waals surface area (Å²) in [6.07, 6.45) is 6.73. The van der Waals surface area contributed by atoms with Gasteiger partial charge in [0.15, 0.2) is 0 Å². The predicted octanol–water partition coefficient (Wildman–Crippen LogP) is 2.30. The Labute approximate surface area is 75.7 Å². The molecule has 0 fully saturated rings. The maximum absolute atomic E-state index is 4.51. The van der Waals surface area contributed by atoms with Gasteiger partial charge >= 0.3 is 0 Å². The van der Waals surface area contributed by atoms with Gasteiger partial charge in [-0.05, 0) is 19.8 Å². The highest BCUT2D eigenvalue weighted by atomic mass is 15.1.